The van der Waals surface area contributed by atoms with Crippen LogP contribution < -0.4 is 9.62 Å². The first-order valence-corrected chi connectivity index (χ1v) is 13.8. The molecule has 3 aromatic rings. The maximum absolute atomic E-state index is 13.8. The second kappa shape index (κ2) is 12.2. The van der Waals surface area contributed by atoms with Gasteiger partial charge in [-0.1, -0.05) is 64.6 Å². The quantitative estimate of drug-likeness (QED) is 0.370. The van der Waals surface area contributed by atoms with Gasteiger partial charge in [0.15, 0.2) is 0 Å². The number of likely N-dealkylation sites (N-methyl/N-ethyl adjacent to an activating group) is 1. The summed E-state index contributed by atoms with van der Waals surface area (Å²) in [7, 11) is -2.78. The number of nitrogens with zero attached hydrogens (tertiary/aromatic N) is 2. The number of halogens is 3. The molecule has 0 aliphatic heterocycles. The van der Waals surface area contributed by atoms with Gasteiger partial charge in [0.1, 0.15) is 12.6 Å². The Morgan fingerprint density at radius 2 is 1.51 bits per heavy atom. The Bertz CT molecular complexity index is 1380. The number of carbonyl (C=O) groups excluding carboxylic acids is 2. The van der Waals surface area contributed by atoms with Crippen molar-refractivity contribution in [2.75, 3.05) is 17.9 Å². The summed E-state index contributed by atoms with van der Waals surface area (Å²) in [5.41, 5.74) is 1.63. The summed E-state index contributed by atoms with van der Waals surface area (Å²) < 4.78 is 28.5. The average Bonchev–Trinajstić information content (AvgIpc) is 2.87. The van der Waals surface area contributed by atoms with Gasteiger partial charge in [-0.25, -0.2) is 8.42 Å². The third kappa shape index (κ3) is 6.96. The van der Waals surface area contributed by atoms with Crippen LogP contribution in [0.4, 0.5) is 5.69 Å². The fourth-order valence-electron chi connectivity index (χ4n) is 3.61. The highest BCUT2D eigenvalue weighted by Crippen LogP contribution is 2.33. The number of amides is 2. The van der Waals surface area contributed by atoms with Crippen molar-refractivity contribution < 1.29 is 18.0 Å². The van der Waals surface area contributed by atoms with Crippen molar-refractivity contribution in [2.24, 2.45) is 0 Å². The molecule has 196 valence electrons. The molecule has 0 heterocycles. The summed E-state index contributed by atoms with van der Waals surface area (Å²) in [6.45, 7) is 2.83. The maximum atomic E-state index is 13.8. The van der Waals surface area contributed by atoms with Crippen LogP contribution in [0.2, 0.25) is 15.1 Å². The van der Waals surface area contributed by atoms with Gasteiger partial charge < -0.3 is 10.2 Å². The molecule has 3 rings (SSSR count). The zero-order valence-electron chi connectivity index (χ0n) is 20.4. The Kier molecular flexibility index (Phi) is 9.47. The van der Waals surface area contributed by atoms with Crippen molar-refractivity contribution in [3.8, 4) is 0 Å². The summed E-state index contributed by atoms with van der Waals surface area (Å²) in [5.74, 6) is -1.02. The lowest BCUT2D eigenvalue weighted by Crippen LogP contribution is -2.50. The van der Waals surface area contributed by atoms with Crippen LogP contribution in [-0.4, -0.2) is 44.8 Å². The third-order valence-electron chi connectivity index (χ3n) is 5.74. The first-order valence-electron chi connectivity index (χ1n) is 11.2. The van der Waals surface area contributed by atoms with Gasteiger partial charge in [-0.05, 0) is 61.9 Å². The van der Waals surface area contributed by atoms with E-state index in [0.717, 1.165) is 9.87 Å². The molecule has 7 nitrogen and oxygen atoms in total. The summed E-state index contributed by atoms with van der Waals surface area (Å²) in [6, 6.07) is 16.5. The molecule has 0 saturated heterocycles. The summed E-state index contributed by atoms with van der Waals surface area (Å²) >= 11 is 18.5. The van der Waals surface area contributed by atoms with Crippen molar-refractivity contribution in [3.63, 3.8) is 0 Å². The van der Waals surface area contributed by atoms with Gasteiger partial charge >= 0.3 is 0 Å². The largest absolute Gasteiger partial charge is 0.357 e. The fourth-order valence-corrected chi connectivity index (χ4v) is 5.59. The summed E-state index contributed by atoms with van der Waals surface area (Å²) in [6.07, 6.45) is 0. The lowest BCUT2D eigenvalue weighted by atomic mass is 10.1. The minimum atomic E-state index is -4.24. The van der Waals surface area contributed by atoms with Gasteiger partial charge in [-0.2, -0.15) is 0 Å². The summed E-state index contributed by atoms with van der Waals surface area (Å²) in [4.78, 5) is 27.5. The second-order valence-electron chi connectivity index (χ2n) is 8.36. The molecule has 0 aromatic heterocycles. The molecule has 1 N–H and O–H groups in total. The molecule has 0 bridgehead atoms. The van der Waals surface area contributed by atoms with E-state index in [9.17, 15) is 18.0 Å². The number of nitrogens with one attached hydrogen (secondary N) is 1. The van der Waals surface area contributed by atoms with Crippen molar-refractivity contribution in [1.29, 1.82) is 0 Å². The number of hydrogen-bond donors (Lipinski definition) is 1. The van der Waals surface area contributed by atoms with Crippen molar-refractivity contribution >= 4 is 62.3 Å². The number of anilines is 1. The van der Waals surface area contributed by atoms with E-state index in [1.54, 1.807) is 43.3 Å². The van der Waals surface area contributed by atoms with Gasteiger partial charge in [-0.15, -0.1) is 0 Å². The lowest BCUT2D eigenvalue weighted by molar-refractivity contribution is -0.139. The lowest BCUT2D eigenvalue weighted by Gasteiger charge is -2.32. The van der Waals surface area contributed by atoms with Crippen LogP contribution in [0.3, 0.4) is 0 Å². The van der Waals surface area contributed by atoms with E-state index in [0.29, 0.717) is 10.6 Å². The zero-order valence-corrected chi connectivity index (χ0v) is 23.5. The Balaban J connectivity index is 2.07. The van der Waals surface area contributed by atoms with E-state index in [1.807, 2.05) is 6.92 Å². The molecule has 0 radical (unpaired) electrons. The number of carbonyl (C=O) groups is 2. The van der Waals surface area contributed by atoms with E-state index >= 15 is 0 Å². The average molecular weight is 583 g/mol. The second-order valence-corrected chi connectivity index (χ2v) is 11.5. The van der Waals surface area contributed by atoms with E-state index in [4.69, 9.17) is 34.8 Å². The van der Waals surface area contributed by atoms with Crippen LogP contribution in [0.5, 0.6) is 0 Å². The van der Waals surface area contributed by atoms with Gasteiger partial charge in [-0.3, -0.25) is 13.9 Å². The fraction of sp³-hybridized carbons (Fsp3) is 0.231. The van der Waals surface area contributed by atoms with Crippen molar-refractivity contribution in [3.05, 3.63) is 92.9 Å². The molecule has 3 aromatic carbocycles. The van der Waals surface area contributed by atoms with Gasteiger partial charge in [0.25, 0.3) is 10.0 Å². The minimum Gasteiger partial charge on any atom is -0.357 e. The van der Waals surface area contributed by atoms with Crippen LogP contribution in [0.25, 0.3) is 0 Å². The first-order chi connectivity index (χ1) is 17.4. The third-order valence-corrected chi connectivity index (χ3v) is 8.33. The molecule has 1 atom stereocenters. The molecule has 0 aliphatic rings. The molecule has 0 aliphatic carbocycles. The van der Waals surface area contributed by atoms with E-state index in [1.165, 1.54) is 42.3 Å². The highest BCUT2D eigenvalue weighted by Gasteiger charge is 2.33. The molecule has 2 amide bonds. The van der Waals surface area contributed by atoms with Crippen molar-refractivity contribution in [2.45, 2.75) is 31.3 Å². The molecule has 11 heteroatoms. The van der Waals surface area contributed by atoms with Crippen LogP contribution in [-0.2, 0) is 26.2 Å². The highest BCUT2D eigenvalue weighted by molar-refractivity contribution is 7.92. The number of aryl methyl sites for hydroxylation is 1. The van der Waals surface area contributed by atoms with E-state index in [2.05, 4.69) is 5.32 Å². The molecule has 0 unspecified atom stereocenters. The Hall–Kier alpha value is -2.78. The Labute approximate surface area is 232 Å². The topological polar surface area (TPSA) is 86.8 Å². The Morgan fingerprint density at radius 3 is 2.11 bits per heavy atom. The SMILES string of the molecule is CNC(=O)[C@H](C)N(Cc1ccc(Cl)cc1)C(=O)CN(c1cc(Cl)ccc1Cl)S(=O)(=O)c1ccc(C)cc1. The molecule has 0 saturated carbocycles. The van der Waals surface area contributed by atoms with Gasteiger partial charge in [0.05, 0.1) is 15.6 Å². The molecule has 0 spiro atoms. The number of hydrogen-bond acceptors (Lipinski definition) is 4. The van der Waals surface area contributed by atoms with Crippen LogP contribution in [0.1, 0.15) is 18.1 Å². The van der Waals surface area contributed by atoms with Crippen LogP contribution in [0, 0.1) is 6.92 Å². The maximum Gasteiger partial charge on any atom is 0.264 e. The van der Waals surface area contributed by atoms with Crippen LogP contribution >= 0.6 is 34.8 Å². The predicted molar refractivity (Wildman–Crippen MR) is 148 cm³/mol. The predicted octanol–water partition coefficient (Wildman–Crippen LogP) is 5.31. The number of rotatable bonds is 9. The smallest absolute Gasteiger partial charge is 0.264 e. The standard InChI is InChI=1S/C26H26Cl3N3O4S/c1-17-4-11-22(12-5-17)37(35,36)32(24-14-21(28)10-13-23(24)29)16-25(33)31(18(2)26(34)30-3)15-19-6-8-20(27)9-7-19/h4-14,18H,15-16H2,1-3H3,(H,30,34)/t18-/m0/s1. The number of sulfonamides is 1. The first kappa shape index (κ1) is 28.8. The normalized spacial score (nSPS) is 12.1. The molecule has 37 heavy (non-hydrogen) atoms. The minimum absolute atomic E-state index is 0.0226. The molecule has 0 fully saturated rings. The monoisotopic (exact) mass is 581 g/mol. The van der Waals surface area contributed by atoms with Gasteiger partial charge in [0, 0.05) is 23.6 Å². The van der Waals surface area contributed by atoms with Gasteiger partial charge in [0.2, 0.25) is 11.8 Å². The summed E-state index contributed by atoms with van der Waals surface area (Å²) in [5, 5.41) is 3.39. The van der Waals surface area contributed by atoms with E-state index < -0.39 is 34.4 Å². The highest BCUT2D eigenvalue weighted by atomic mass is 35.5. The van der Waals surface area contributed by atoms with E-state index in [-0.39, 0.29) is 27.2 Å². The van der Waals surface area contributed by atoms with Crippen LogP contribution in [0.15, 0.2) is 71.6 Å². The molecular weight excluding hydrogens is 557 g/mol. The Morgan fingerprint density at radius 1 is 0.919 bits per heavy atom. The number of benzene rings is 3. The molecular formula is C26H26Cl3N3O4S. The van der Waals surface area contributed by atoms with Crippen molar-refractivity contribution in [1.82, 2.24) is 10.2 Å². The zero-order chi connectivity index (χ0) is 27.3.